The summed E-state index contributed by atoms with van der Waals surface area (Å²) in [6.45, 7) is 0.616. The Morgan fingerprint density at radius 2 is 1.96 bits per heavy atom. The first-order chi connectivity index (χ1) is 12.4. The van der Waals surface area contributed by atoms with Gasteiger partial charge in [-0.1, -0.05) is 23.2 Å². The number of aromatic nitrogens is 2. The number of hydrogen-bond donors (Lipinski definition) is 0. The number of nitrogens with zero attached hydrogens (tertiary/aromatic N) is 3. The van der Waals surface area contributed by atoms with Gasteiger partial charge in [-0.25, -0.2) is 18.4 Å². The summed E-state index contributed by atoms with van der Waals surface area (Å²) in [6.07, 6.45) is 3.90. The first kappa shape index (κ1) is 19.2. The minimum Gasteiger partial charge on any atom is -0.495 e. The molecule has 1 aromatic carbocycles. The van der Waals surface area contributed by atoms with E-state index in [1.165, 1.54) is 42.0 Å². The van der Waals surface area contributed by atoms with Gasteiger partial charge in [-0.3, -0.25) is 0 Å². The molecule has 0 N–H and O–H groups in total. The number of piperidine rings is 1. The van der Waals surface area contributed by atoms with Crippen LogP contribution in [0.2, 0.25) is 10.0 Å². The van der Waals surface area contributed by atoms with Crippen LogP contribution in [0.25, 0.3) is 0 Å². The number of hydrogen-bond acceptors (Lipinski definition) is 6. The number of sulfonamides is 1. The molecule has 7 nitrogen and oxygen atoms in total. The molecule has 0 bridgehead atoms. The zero-order valence-electron chi connectivity index (χ0n) is 13.9. The van der Waals surface area contributed by atoms with Crippen LogP contribution in [0.4, 0.5) is 0 Å². The minimum atomic E-state index is -3.69. The highest BCUT2D eigenvalue weighted by Gasteiger charge is 2.32. The third-order valence-corrected chi connectivity index (χ3v) is 6.32. The van der Waals surface area contributed by atoms with E-state index in [9.17, 15) is 8.42 Å². The average molecular weight is 418 g/mol. The summed E-state index contributed by atoms with van der Waals surface area (Å²) in [7, 11) is -2.22. The molecule has 0 aliphatic carbocycles. The van der Waals surface area contributed by atoms with Gasteiger partial charge in [-0.05, 0) is 31.0 Å². The summed E-state index contributed by atoms with van der Waals surface area (Å²) in [5, 5.41) is 0.648. The summed E-state index contributed by atoms with van der Waals surface area (Å²) in [4.78, 5) is 8.09. The molecular weight excluding hydrogens is 401 g/mol. The molecule has 1 aliphatic rings. The molecule has 2 aromatic rings. The Morgan fingerprint density at radius 3 is 2.62 bits per heavy atom. The van der Waals surface area contributed by atoms with Gasteiger partial charge in [0.1, 0.15) is 11.9 Å². The van der Waals surface area contributed by atoms with Crippen LogP contribution in [0.1, 0.15) is 12.8 Å². The smallest absolute Gasteiger partial charge is 0.316 e. The molecule has 1 aliphatic heterocycles. The van der Waals surface area contributed by atoms with E-state index in [-0.39, 0.29) is 28.6 Å². The normalized spacial score (nSPS) is 18.5. The number of halogens is 2. The molecule has 2 heterocycles. The van der Waals surface area contributed by atoms with Gasteiger partial charge < -0.3 is 9.47 Å². The molecule has 1 fully saturated rings. The first-order valence-corrected chi connectivity index (χ1v) is 10.1. The lowest BCUT2D eigenvalue weighted by molar-refractivity contribution is 0.119. The standard InChI is InChI=1S/C16H17Cl2N3O4S/c1-24-15-5-4-13(7-14(15)18)26(22,23)21-6-2-3-12(10-21)25-16-19-8-11(17)9-20-16/h4-5,7-9,12H,2-3,6,10H2,1H3. The molecule has 1 unspecified atom stereocenters. The first-order valence-electron chi connectivity index (χ1n) is 7.88. The van der Waals surface area contributed by atoms with Crippen molar-refractivity contribution < 1.29 is 17.9 Å². The number of ether oxygens (including phenoxy) is 2. The van der Waals surface area contributed by atoms with Crippen molar-refractivity contribution in [1.82, 2.24) is 14.3 Å². The number of rotatable bonds is 5. The number of methoxy groups -OCH3 is 1. The highest BCUT2D eigenvalue weighted by atomic mass is 35.5. The van der Waals surface area contributed by atoms with Crippen molar-refractivity contribution in [3.8, 4) is 11.8 Å². The summed E-state index contributed by atoms with van der Waals surface area (Å²) >= 11 is 11.8. The van der Waals surface area contributed by atoms with Crippen molar-refractivity contribution in [2.24, 2.45) is 0 Å². The highest BCUT2D eigenvalue weighted by Crippen LogP contribution is 2.29. The van der Waals surface area contributed by atoms with Crippen LogP contribution in [-0.2, 0) is 10.0 Å². The Bertz CT molecular complexity index is 878. The largest absolute Gasteiger partial charge is 0.495 e. The fraction of sp³-hybridized carbons (Fsp3) is 0.375. The molecule has 3 rings (SSSR count). The van der Waals surface area contributed by atoms with Crippen LogP contribution in [0.15, 0.2) is 35.5 Å². The molecule has 0 radical (unpaired) electrons. The highest BCUT2D eigenvalue weighted by molar-refractivity contribution is 7.89. The van der Waals surface area contributed by atoms with Crippen LogP contribution in [0.3, 0.4) is 0 Å². The lowest BCUT2D eigenvalue weighted by atomic mass is 10.1. The molecule has 0 saturated carbocycles. The molecule has 0 amide bonds. The monoisotopic (exact) mass is 417 g/mol. The maximum absolute atomic E-state index is 12.9. The van der Waals surface area contributed by atoms with Gasteiger partial charge in [0.15, 0.2) is 0 Å². The van der Waals surface area contributed by atoms with Crippen molar-refractivity contribution in [1.29, 1.82) is 0 Å². The molecule has 0 spiro atoms. The number of benzene rings is 1. The zero-order valence-corrected chi connectivity index (χ0v) is 16.3. The van der Waals surface area contributed by atoms with E-state index in [2.05, 4.69) is 9.97 Å². The van der Waals surface area contributed by atoms with Crippen LogP contribution >= 0.6 is 23.2 Å². The maximum Gasteiger partial charge on any atom is 0.316 e. The van der Waals surface area contributed by atoms with E-state index in [0.717, 1.165) is 0 Å². The van der Waals surface area contributed by atoms with E-state index in [1.807, 2.05) is 0 Å². The molecule has 140 valence electrons. The molecule has 10 heteroatoms. The van der Waals surface area contributed by atoms with Crippen LogP contribution in [0.5, 0.6) is 11.8 Å². The second-order valence-corrected chi connectivity index (χ2v) is 8.51. The van der Waals surface area contributed by atoms with Crippen molar-refractivity contribution in [3.63, 3.8) is 0 Å². The average Bonchev–Trinajstić information content (AvgIpc) is 2.64. The summed E-state index contributed by atoms with van der Waals surface area (Å²) in [5.74, 6) is 0.422. The Balaban J connectivity index is 1.75. The molecule has 1 saturated heterocycles. The summed E-state index contributed by atoms with van der Waals surface area (Å²) in [5.41, 5.74) is 0. The third-order valence-electron chi connectivity index (χ3n) is 3.97. The van der Waals surface area contributed by atoms with Crippen molar-refractivity contribution in [3.05, 3.63) is 40.6 Å². The Labute approximate surface area is 161 Å². The fourth-order valence-corrected chi connectivity index (χ4v) is 4.64. The van der Waals surface area contributed by atoms with E-state index < -0.39 is 10.0 Å². The lowest BCUT2D eigenvalue weighted by Gasteiger charge is -2.31. The van der Waals surface area contributed by atoms with Crippen molar-refractivity contribution in [2.75, 3.05) is 20.2 Å². The SMILES string of the molecule is COc1ccc(S(=O)(=O)N2CCCC(Oc3ncc(Cl)cn3)C2)cc1Cl. The van der Waals surface area contributed by atoms with Crippen LogP contribution in [-0.4, -0.2) is 49.0 Å². The quantitative estimate of drug-likeness (QED) is 0.743. The van der Waals surface area contributed by atoms with Gasteiger partial charge in [0.05, 0.1) is 41.0 Å². The fourth-order valence-electron chi connectivity index (χ4n) is 2.69. The second kappa shape index (κ2) is 7.96. The maximum atomic E-state index is 12.9. The Hall–Kier alpha value is -1.61. The van der Waals surface area contributed by atoms with Gasteiger partial charge in [-0.15, -0.1) is 0 Å². The molecule has 26 heavy (non-hydrogen) atoms. The minimum absolute atomic E-state index is 0.117. The predicted molar refractivity (Wildman–Crippen MR) is 97.5 cm³/mol. The van der Waals surface area contributed by atoms with Crippen LogP contribution in [0, 0.1) is 0 Å². The zero-order chi connectivity index (χ0) is 18.7. The van der Waals surface area contributed by atoms with E-state index in [0.29, 0.717) is 30.2 Å². The third kappa shape index (κ3) is 4.20. The summed E-state index contributed by atoms with van der Waals surface area (Å²) < 4.78 is 38.0. The molecule has 1 atom stereocenters. The Morgan fingerprint density at radius 1 is 1.23 bits per heavy atom. The van der Waals surface area contributed by atoms with E-state index in [4.69, 9.17) is 32.7 Å². The van der Waals surface area contributed by atoms with Gasteiger partial charge in [0, 0.05) is 6.54 Å². The Kier molecular flexibility index (Phi) is 5.86. The van der Waals surface area contributed by atoms with Crippen molar-refractivity contribution in [2.45, 2.75) is 23.8 Å². The molecular formula is C16H17Cl2N3O4S. The lowest BCUT2D eigenvalue weighted by Crippen LogP contribution is -2.44. The second-order valence-electron chi connectivity index (χ2n) is 5.73. The van der Waals surface area contributed by atoms with Crippen molar-refractivity contribution >= 4 is 33.2 Å². The molecule has 1 aromatic heterocycles. The topological polar surface area (TPSA) is 81.6 Å². The predicted octanol–water partition coefficient (Wildman–Crippen LogP) is 3.02. The van der Waals surface area contributed by atoms with Gasteiger partial charge >= 0.3 is 6.01 Å². The van der Waals surface area contributed by atoms with Crippen LogP contribution < -0.4 is 9.47 Å². The van der Waals surface area contributed by atoms with E-state index >= 15 is 0 Å². The van der Waals surface area contributed by atoms with Gasteiger partial charge in [0.25, 0.3) is 0 Å². The van der Waals surface area contributed by atoms with E-state index in [1.54, 1.807) is 0 Å². The summed E-state index contributed by atoms with van der Waals surface area (Å²) in [6, 6.07) is 4.58. The van der Waals surface area contributed by atoms with Gasteiger partial charge in [-0.2, -0.15) is 4.31 Å². The van der Waals surface area contributed by atoms with Gasteiger partial charge in [0.2, 0.25) is 10.0 Å².